The summed E-state index contributed by atoms with van der Waals surface area (Å²) in [4.78, 5) is 16.7. The SMILES string of the molecule is O=C(NCc1ccc(COCC(F)(F)F)cc1)N1CCN(C2CCCC2)CC1. The van der Waals surface area contributed by atoms with Gasteiger partial charge in [-0.25, -0.2) is 4.79 Å². The monoisotopic (exact) mass is 399 g/mol. The highest BCUT2D eigenvalue weighted by Gasteiger charge is 2.28. The van der Waals surface area contributed by atoms with Crippen LogP contribution in [0.2, 0.25) is 0 Å². The molecule has 1 aliphatic heterocycles. The molecule has 1 N–H and O–H groups in total. The van der Waals surface area contributed by atoms with Crippen molar-refractivity contribution in [1.82, 2.24) is 15.1 Å². The van der Waals surface area contributed by atoms with E-state index in [-0.39, 0.29) is 12.6 Å². The Labute approximate surface area is 163 Å². The third kappa shape index (κ3) is 6.38. The number of alkyl halides is 3. The summed E-state index contributed by atoms with van der Waals surface area (Å²) in [5.41, 5.74) is 1.57. The molecule has 1 saturated carbocycles. The van der Waals surface area contributed by atoms with Crippen molar-refractivity contribution in [3.63, 3.8) is 0 Å². The third-order valence-electron chi connectivity index (χ3n) is 5.44. The molecule has 8 heteroatoms. The molecule has 2 aliphatic rings. The first kappa shape index (κ1) is 20.9. The van der Waals surface area contributed by atoms with E-state index >= 15 is 0 Å². The van der Waals surface area contributed by atoms with E-state index in [9.17, 15) is 18.0 Å². The number of urea groups is 1. The lowest BCUT2D eigenvalue weighted by Crippen LogP contribution is -2.53. The summed E-state index contributed by atoms with van der Waals surface area (Å²) >= 11 is 0. The van der Waals surface area contributed by atoms with Crippen molar-refractivity contribution in [2.45, 2.75) is 51.1 Å². The summed E-state index contributed by atoms with van der Waals surface area (Å²) < 4.78 is 40.9. The van der Waals surface area contributed by atoms with Crippen LogP contribution in [0.25, 0.3) is 0 Å². The number of nitrogens with one attached hydrogen (secondary N) is 1. The topological polar surface area (TPSA) is 44.8 Å². The van der Waals surface area contributed by atoms with E-state index in [1.807, 2.05) is 4.90 Å². The Hall–Kier alpha value is -1.80. The molecule has 156 valence electrons. The fraction of sp³-hybridized carbons (Fsp3) is 0.650. The Morgan fingerprint density at radius 3 is 2.25 bits per heavy atom. The average Bonchev–Trinajstić information content (AvgIpc) is 3.21. The standard InChI is InChI=1S/C20H28F3N3O2/c21-20(22,23)15-28-14-17-7-5-16(6-8-17)13-24-19(27)26-11-9-25(10-12-26)18-3-1-2-4-18/h5-8,18H,1-4,9-15H2,(H,24,27). The van der Waals surface area contributed by atoms with Gasteiger partial charge < -0.3 is 15.0 Å². The summed E-state index contributed by atoms with van der Waals surface area (Å²) in [6.07, 6.45) is 0.886. The summed E-state index contributed by atoms with van der Waals surface area (Å²) in [7, 11) is 0. The number of hydrogen-bond donors (Lipinski definition) is 1. The van der Waals surface area contributed by atoms with Crippen LogP contribution in [0, 0.1) is 0 Å². The van der Waals surface area contributed by atoms with Crippen LogP contribution in [-0.4, -0.2) is 60.8 Å². The molecule has 0 atom stereocenters. The Kier molecular flexibility index (Phi) is 7.18. The van der Waals surface area contributed by atoms with E-state index in [2.05, 4.69) is 15.0 Å². The normalized spacial score (nSPS) is 19.2. The van der Waals surface area contributed by atoms with Gasteiger partial charge in [-0.2, -0.15) is 13.2 Å². The molecule has 0 spiro atoms. The van der Waals surface area contributed by atoms with Gasteiger partial charge in [0.1, 0.15) is 6.61 Å². The van der Waals surface area contributed by atoms with Crippen LogP contribution in [0.15, 0.2) is 24.3 Å². The molecule has 0 radical (unpaired) electrons. The molecule has 3 rings (SSSR count). The van der Waals surface area contributed by atoms with Crippen molar-refractivity contribution in [3.05, 3.63) is 35.4 Å². The number of carbonyl (C=O) groups is 1. The predicted molar refractivity (Wildman–Crippen MR) is 99.8 cm³/mol. The molecule has 28 heavy (non-hydrogen) atoms. The van der Waals surface area contributed by atoms with Crippen LogP contribution < -0.4 is 5.32 Å². The predicted octanol–water partition coefficient (Wildman–Crippen LogP) is 3.54. The third-order valence-corrected chi connectivity index (χ3v) is 5.44. The summed E-state index contributed by atoms with van der Waals surface area (Å²) in [5, 5.41) is 2.92. The Morgan fingerprint density at radius 2 is 1.64 bits per heavy atom. The zero-order chi connectivity index (χ0) is 20.0. The lowest BCUT2D eigenvalue weighted by Gasteiger charge is -2.38. The first-order valence-corrected chi connectivity index (χ1v) is 9.90. The van der Waals surface area contributed by atoms with Crippen molar-refractivity contribution in [1.29, 1.82) is 0 Å². The quantitative estimate of drug-likeness (QED) is 0.796. The molecule has 1 aromatic rings. The molecule has 0 unspecified atom stereocenters. The molecule has 1 heterocycles. The van der Waals surface area contributed by atoms with Crippen LogP contribution in [0.3, 0.4) is 0 Å². The minimum absolute atomic E-state index is 0.0661. The van der Waals surface area contributed by atoms with Crippen LogP contribution in [0.1, 0.15) is 36.8 Å². The first-order chi connectivity index (χ1) is 13.4. The fourth-order valence-corrected chi connectivity index (χ4v) is 3.89. The number of amides is 2. The maximum absolute atomic E-state index is 12.4. The lowest BCUT2D eigenvalue weighted by atomic mass is 10.1. The molecular formula is C20H28F3N3O2. The van der Waals surface area contributed by atoms with Gasteiger partial charge in [-0.3, -0.25) is 4.90 Å². The number of carbonyl (C=O) groups excluding carboxylic acids is 1. The minimum atomic E-state index is -4.31. The van der Waals surface area contributed by atoms with Gasteiger partial charge in [-0.1, -0.05) is 37.1 Å². The fourth-order valence-electron chi connectivity index (χ4n) is 3.89. The maximum Gasteiger partial charge on any atom is 0.411 e. The zero-order valence-corrected chi connectivity index (χ0v) is 16.0. The highest BCUT2D eigenvalue weighted by atomic mass is 19.4. The van der Waals surface area contributed by atoms with Crippen LogP contribution in [-0.2, 0) is 17.9 Å². The van der Waals surface area contributed by atoms with Crippen molar-refractivity contribution < 1.29 is 22.7 Å². The number of rotatable bonds is 6. The second-order valence-electron chi connectivity index (χ2n) is 7.54. The number of benzene rings is 1. The van der Waals surface area contributed by atoms with Gasteiger partial charge >= 0.3 is 12.2 Å². The van der Waals surface area contributed by atoms with Gasteiger partial charge in [0.25, 0.3) is 0 Å². The molecule has 1 aromatic carbocycles. The number of halogens is 3. The van der Waals surface area contributed by atoms with E-state index < -0.39 is 12.8 Å². The number of hydrogen-bond acceptors (Lipinski definition) is 3. The van der Waals surface area contributed by atoms with E-state index in [1.54, 1.807) is 24.3 Å². The molecule has 0 aromatic heterocycles. The molecule has 1 aliphatic carbocycles. The van der Waals surface area contributed by atoms with Crippen molar-refractivity contribution in [2.24, 2.45) is 0 Å². The highest BCUT2D eigenvalue weighted by Crippen LogP contribution is 2.24. The van der Waals surface area contributed by atoms with E-state index in [4.69, 9.17) is 0 Å². The summed E-state index contributed by atoms with van der Waals surface area (Å²) in [6, 6.07) is 7.67. The second kappa shape index (κ2) is 9.60. The largest absolute Gasteiger partial charge is 0.411 e. The first-order valence-electron chi connectivity index (χ1n) is 9.90. The summed E-state index contributed by atoms with van der Waals surface area (Å²) in [6.45, 7) is 2.42. The molecular weight excluding hydrogens is 371 g/mol. The van der Waals surface area contributed by atoms with E-state index in [0.717, 1.165) is 31.7 Å². The molecule has 2 amide bonds. The van der Waals surface area contributed by atoms with Gasteiger partial charge in [0.05, 0.1) is 6.61 Å². The molecule has 1 saturated heterocycles. The Morgan fingerprint density at radius 1 is 1.04 bits per heavy atom. The molecule has 0 bridgehead atoms. The Bertz CT molecular complexity index is 623. The van der Waals surface area contributed by atoms with Crippen LogP contribution in [0.5, 0.6) is 0 Å². The van der Waals surface area contributed by atoms with Crippen molar-refractivity contribution >= 4 is 6.03 Å². The van der Waals surface area contributed by atoms with Gasteiger partial charge in [-0.05, 0) is 24.0 Å². The second-order valence-corrected chi connectivity index (χ2v) is 7.54. The molecule has 2 fully saturated rings. The summed E-state index contributed by atoms with van der Waals surface area (Å²) in [5.74, 6) is 0. The minimum Gasteiger partial charge on any atom is -0.367 e. The van der Waals surface area contributed by atoms with E-state index in [1.165, 1.54) is 25.7 Å². The van der Waals surface area contributed by atoms with Crippen molar-refractivity contribution in [2.75, 3.05) is 32.8 Å². The van der Waals surface area contributed by atoms with Gasteiger partial charge in [0.15, 0.2) is 0 Å². The Balaban J connectivity index is 1.36. The molecule has 5 nitrogen and oxygen atoms in total. The van der Waals surface area contributed by atoms with Gasteiger partial charge in [-0.15, -0.1) is 0 Å². The smallest absolute Gasteiger partial charge is 0.367 e. The van der Waals surface area contributed by atoms with Gasteiger partial charge in [0.2, 0.25) is 0 Å². The maximum atomic E-state index is 12.4. The average molecular weight is 399 g/mol. The number of ether oxygens (including phenoxy) is 1. The number of nitrogens with zero attached hydrogens (tertiary/aromatic N) is 2. The number of piperazine rings is 1. The van der Waals surface area contributed by atoms with Crippen LogP contribution >= 0.6 is 0 Å². The van der Waals surface area contributed by atoms with Crippen LogP contribution in [0.4, 0.5) is 18.0 Å². The van der Waals surface area contributed by atoms with Gasteiger partial charge in [0, 0.05) is 38.8 Å². The highest BCUT2D eigenvalue weighted by molar-refractivity contribution is 5.74. The van der Waals surface area contributed by atoms with E-state index in [0.29, 0.717) is 18.2 Å². The van der Waals surface area contributed by atoms with Crippen molar-refractivity contribution in [3.8, 4) is 0 Å². The lowest BCUT2D eigenvalue weighted by molar-refractivity contribution is -0.176. The zero-order valence-electron chi connectivity index (χ0n) is 16.0.